The number of nitrogens with zero attached hydrogens (tertiary/aromatic N) is 3. The molecule has 1 fully saturated rings. The van der Waals surface area contributed by atoms with E-state index in [-0.39, 0.29) is 17.8 Å². The number of primary amides is 1. The first-order valence-electron chi connectivity index (χ1n) is 14.3. The number of rotatable bonds is 14. The first-order valence-corrected chi connectivity index (χ1v) is 16.2. The summed E-state index contributed by atoms with van der Waals surface area (Å²) in [5.41, 5.74) is 5.55. The van der Waals surface area contributed by atoms with E-state index in [0.29, 0.717) is 30.7 Å². The first-order chi connectivity index (χ1) is 20.7. The molecule has 1 saturated carbocycles. The molecule has 44 heavy (non-hydrogen) atoms. The number of Topliss-reactive ketones (excluding diaryl/α,β-unsaturated/α-hetero) is 1. The molecule has 0 bridgehead atoms. The summed E-state index contributed by atoms with van der Waals surface area (Å²) in [7, 11) is -2.33. The summed E-state index contributed by atoms with van der Waals surface area (Å²) in [6, 6.07) is 21.8. The predicted molar refractivity (Wildman–Crippen MR) is 169 cm³/mol. The lowest BCUT2D eigenvalue weighted by Gasteiger charge is -2.28. The molecule has 234 valence electrons. The van der Waals surface area contributed by atoms with Gasteiger partial charge in [-0.25, -0.2) is 18.2 Å². The molecule has 1 aromatic heterocycles. The van der Waals surface area contributed by atoms with Gasteiger partial charge in [0, 0.05) is 32.1 Å². The number of carbonyl (C=O) groups excluding carboxylic acids is 3. The predicted octanol–water partition coefficient (Wildman–Crippen LogP) is 3.54. The number of nitrogens with one attached hydrogen (secondary N) is 1. The molecule has 2 aromatic carbocycles. The van der Waals surface area contributed by atoms with Crippen molar-refractivity contribution in [3.63, 3.8) is 0 Å². The third-order valence-corrected chi connectivity index (χ3v) is 9.04. The normalized spacial score (nSPS) is 17.2. The second-order valence-electron chi connectivity index (χ2n) is 11.6. The van der Waals surface area contributed by atoms with Gasteiger partial charge >= 0.3 is 6.09 Å². The summed E-state index contributed by atoms with van der Waals surface area (Å²) < 4.78 is 31.2. The van der Waals surface area contributed by atoms with Gasteiger partial charge in [-0.2, -0.15) is 0 Å². The summed E-state index contributed by atoms with van der Waals surface area (Å²) in [6.45, 7) is 4.35. The van der Waals surface area contributed by atoms with Crippen LogP contribution >= 0.6 is 0 Å². The van der Waals surface area contributed by atoms with Gasteiger partial charge in [0.25, 0.3) is 5.91 Å². The van der Waals surface area contributed by atoms with E-state index in [1.165, 1.54) is 20.0 Å². The summed E-state index contributed by atoms with van der Waals surface area (Å²) in [4.78, 5) is 45.2. The van der Waals surface area contributed by atoms with Crippen molar-refractivity contribution < 1.29 is 27.5 Å². The Kier molecular flexibility index (Phi) is 9.93. The van der Waals surface area contributed by atoms with Crippen LogP contribution in [0.25, 0.3) is 0 Å². The summed E-state index contributed by atoms with van der Waals surface area (Å²) in [6.07, 6.45) is 1.07. The maximum atomic E-state index is 13.5. The van der Waals surface area contributed by atoms with E-state index in [1.807, 2.05) is 41.3 Å². The van der Waals surface area contributed by atoms with Crippen LogP contribution in [0.5, 0.6) is 0 Å². The Morgan fingerprint density at radius 2 is 1.59 bits per heavy atom. The average Bonchev–Trinajstić information content (AvgIpc) is 3.68. The Balaban J connectivity index is 1.62. The van der Waals surface area contributed by atoms with Gasteiger partial charge in [-0.05, 0) is 48.4 Å². The number of hydrogen-bond acceptors (Lipinski definition) is 8. The van der Waals surface area contributed by atoms with E-state index in [9.17, 15) is 22.8 Å². The van der Waals surface area contributed by atoms with Crippen molar-refractivity contribution in [1.82, 2.24) is 10.3 Å². The van der Waals surface area contributed by atoms with Gasteiger partial charge in [0.1, 0.15) is 11.6 Å². The monoisotopic (exact) mass is 621 g/mol. The highest BCUT2D eigenvalue weighted by Crippen LogP contribution is 2.39. The Morgan fingerprint density at radius 1 is 1.02 bits per heavy atom. The molecule has 3 atom stereocenters. The number of amides is 2. The smallest absolute Gasteiger partial charge is 0.405 e. The zero-order valence-corrected chi connectivity index (χ0v) is 26.2. The van der Waals surface area contributed by atoms with Crippen LogP contribution in [0.2, 0.25) is 0 Å². The van der Waals surface area contributed by atoms with E-state index >= 15 is 0 Å². The quantitative estimate of drug-likeness (QED) is 0.277. The van der Waals surface area contributed by atoms with Crippen molar-refractivity contribution in [1.29, 1.82) is 0 Å². The molecule has 0 spiro atoms. The minimum Gasteiger partial charge on any atom is -0.435 e. The molecule has 0 saturated heterocycles. The maximum absolute atomic E-state index is 13.5. The SMILES string of the molecule is C[C@H]1C[C@@H]1CN(Cc1ccccc1)c1cc(C(=O)NCC(=O)[C@@](C)(Cc2ccccc2)OC(N)=O)cc(N(C)S(C)(=O)=O)n1. The van der Waals surface area contributed by atoms with Crippen LogP contribution in [-0.2, 0) is 32.5 Å². The number of anilines is 2. The third-order valence-electron chi connectivity index (χ3n) is 7.86. The van der Waals surface area contributed by atoms with Crippen LogP contribution in [0.1, 0.15) is 41.8 Å². The van der Waals surface area contributed by atoms with Gasteiger partial charge in [0.2, 0.25) is 10.0 Å². The molecular weight excluding hydrogens is 582 g/mol. The van der Waals surface area contributed by atoms with E-state index in [1.54, 1.807) is 30.3 Å². The fraction of sp³-hybridized carbons (Fsp3) is 0.375. The minimum absolute atomic E-state index is 0.0578. The van der Waals surface area contributed by atoms with E-state index < -0.39 is 40.0 Å². The summed E-state index contributed by atoms with van der Waals surface area (Å²) in [5, 5.41) is 2.61. The molecule has 1 heterocycles. The number of nitrogens with two attached hydrogens (primary N) is 1. The van der Waals surface area contributed by atoms with Crippen LogP contribution in [0, 0.1) is 11.8 Å². The van der Waals surface area contributed by atoms with Crippen molar-refractivity contribution >= 4 is 39.4 Å². The van der Waals surface area contributed by atoms with Crippen LogP contribution in [-0.4, -0.2) is 63.2 Å². The van der Waals surface area contributed by atoms with Crippen molar-refractivity contribution in [2.24, 2.45) is 17.6 Å². The lowest BCUT2D eigenvalue weighted by molar-refractivity contribution is -0.134. The number of carbonyl (C=O) groups is 3. The molecule has 2 amide bonds. The molecular formula is C32H39N5O6S. The highest BCUT2D eigenvalue weighted by Gasteiger charge is 2.37. The van der Waals surface area contributed by atoms with E-state index in [4.69, 9.17) is 10.5 Å². The van der Waals surface area contributed by atoms with Crippen molar-refractivity contribution in [2.45, 2.75) is 38.8 Å². The number of benzene rings is 2. The van der Waals surface area contributed by atoms with Crippen molar-refractivity contribution in [3.8, 4) is 0 Å². The standard InChI is InChI=1S/C32H39N5O6S/c1-22-15-26(22)21-37(20-24-13-9-6-10-14-24)29-17-25(16-28(35-29)36(3)44(4,41)42)30(39)34-19-27(38)32(2,43-31(33)40)18-23-11-7-5-8-12-23/h5-14,16-17,22,26H,15,18-21H2,1-4H3,(H2,33,40)(H,34,39)/t22-,26+,32+/m0/s1. The molecule has 3 aromatic rings. The van der Waals surface area contributed by atoms with Crippen LogP contribution in [0.4, 0.5) is 16.4 Å². The van der Waals surface area contributed by atoms with Gasteiger partial charge in [-0.1, -0.05) is 67.6 Å². The van der Waals surface area contributed by atoms with Gasteiger partial charge < -0.3 is 20.7 Å². The first kappa shape index (κ1) is 32.5. The van der Waals surface area contributed by atoms with E-state index in [2.05, 4.69) is 17.2 Å². The highest BCUT2D eigenvalue weighted by molar-refractivity contribution is 7.92. The van der Waals surface area contributed by atoms with Gasteiger partial charge in [0.15, 0.2) is 11.4 Å². The van der Waals surface area contributed by atoms with E-state index in [0.717, 1.165) is 28.1 Å². The minimum atomic E-state index is -3.70. The van der Waals surface area contributed by atoms with Crippen LogP contribution in [0.15, 0.2) is 72.8 Å². The van der Waals surface area contributed by atoms with Crippen LogP contribution in [0.3, 0.4) is 0 Å². The topological polar surface area (TPSA) is 152 Å². The second-order valence-corrected chi connectivity index (χ2v) is 13.6. The molecule has 0 radical (unpaired) electrons. The number of sulfonamides is 1. The number of aromatic nitrogens is 1. The highest BCUT2D eigenvalue weighted by atomic mass is 32.2. The number of ketones is 1. The Hall–Kier alpha value is -4.45. The molecule has 1 aliphatic carbocycles. The lowest BCUT2D eigenvalue weighted by atomic mass is 9.91. The maximum Gasteiger partial charge on any atom is 0.405 e. The molecule has 11 nitrogen and oxygen atoms in total. The zero-order chi connectivity index (χ0) is 32.1. The second kappa shape index (κ2) is 13.5. The lowest BCUT2D eigenvalue weighted by Crippen LogP contribution is -2.48. The fourth-order valence-electron chi connectivity index (χ4n) is 4.95. The molecule has 0 unspecified atom stereocenters. The molecule has 3 N–H and O–H groups in total. The van der Waals surface area contributed by atoms with Crippen LogP contribution < -0.4 is 20.3 Å². The largest absolute Gasteiger partial charge is 0.435 e. The number of pyridine rings is 1. The number of ether oxygens (including phenoxy) is 1. The zero-order valence-electron chi connectivity index (χ0n) is 25.4. The van der Waals surface area contributed by atoms with Crippen molar-refractivity contribution in [3.05, 3.63) is 89.5 Å². The van der Waals surface area contributed by atoms with Crippen molar-refractivity contribution in [2.75, 3.05) is 35.6 Å². The van der Waals surface area contributed by atoms with Gasteiger partial charge in [-0.3, -0.25) is 13.9 Å². The summed E-state index contributed by atoms with van der Waals surface area (Å²) in [5.74, 6) is 0.309. The molecule has 0 aliphatic heterocycles. The van der Waals surface area contributed by atoms with Gasteiger partial charge in [-0.15, -0.1) is 0 Å². The Bertz CT molecular complexity index is 1600. The number of hydrogen-bond donors (Lipinski definition) is 2. The fourth-order valence-corrected chi connectivity index (χ4v) is 5.39. The molecule has 12 heteroatoms. The third kappa shape index (κ3) is 8.56. The van der Waals surface area contributed by atoms with Gasteiger partial charge in [0.05, 0.1) is 12.8 Å². The Morgan fingerprint density at radius 3 is 2.14 bits per heavy atom. The average molecular weight is 622 g/mol. The Labute approximate surface area is 258 Å². The summed E-state index contributed by atoms with van der Waals surface area (Å²) >= 11 is 0. The molecule has 1 aliphatic rings. The molecule has 4 rings (SSSR count).